The molecule has 0 aliphatic carbocycles. The molecule has 3 heteroatoms. The Morgan fingerprint density at radius 3 is 2.50 bits per heavy atom. The number of hydrogen-bond acceptors (Lipinski definition) is 2. The van der Waals surface area contributed by atoms with Crippen molar-refractivity contribution in [1.82, 2.24) is 4.90 Å². The van der Waals surface area contributed by atoms with Crippen molar-refractivity contribution >= 4 is 11.6 Å². The highest BCUT2D eigenvalue weighted by atomic mass is 16.2. The molecule has 1 N–H and O–H groups in total. The van der Waals surface area contributed by atoms with E-state index in [1.807, 2.05) is 36.1 Å². The van der Waals surface area contributed by atoms with Crippen LogP contribution in [0, 0.1) is 0 Å². The van der Waals surface area contributed by atoms with Crippen LogP contribution in [0.5, 0.6) is 0 Å². The predicted octanol–water partition coefficient (Wildman–Crippen LogP) is 3.38. The number of para-hydroxylation sites is 1. The van der Waals surface area contributed by atoms with Crippen LogP contribution in [0.2, 0.25) is 0 Å². The van der Waals surface area contributed by atoms with Crippen LogP contribution in [-0.2, 0) is 0 Å². The second kappa shape index (κ2) is 7.04. The minimum Gasteiger partial charge on any atom is -0.385 e. The van der Waals surface area contributed by atoms with Crippen LogP contribution in [0.3, 0.4) is 0 Å². The molecule has 0 heterocycles. The predicted molar refractivity (Wildman–Crippen MR) is 77.1 cm³/mol. The van der Waals surface area contributed by atoms with Crippen LogP contribution >= 0.6 is 0 Å². The number of nitrogens with one attached hydrogen (secondary N) is 1. The maximum Gasteiger partial charge on any atom is 0.256 e. The summed E-state index contributed by atoms with van der Waals surface area (Å²) in [5.41, 5.74) is 1.69. The molecule has 1 rings (SSSR count). The van der Waals surface area contributed by atoms with Crippen LogP contribution in [0.1, 0.15) is 44.5 Å². The lowest BCUT2D eigenvalue weighted by Gasteiger charge is -2.27. The largest absolute Gasteiger partial charge is 0.385 e. The van der Waals surface area contributed by atoms with Gasteiger partial charge in [0, 0.05) is 24.8 Å². The van der Waals surface area contributed by atoms with Gasteiger partial charge in [0.1, 0.15) is 0 Å². The molecule has 18 heavy (non-hydrogen) atoms. The second-order valence-electron chi connectivity index (χ2n) is 4.67. The minimum absolute atomic E-state index is 0.114. The van der Waals surface area contributed by atoms with Crippen molar-refractivity contribution in [3.63, 3.8) is 0 Å². The fourth-order valence-corrected chi connectivity index (χ4v) is 2.00. The first-order valence-electron chi connectivity index (χ1n) is 6.75. The highest BCUT2D eigenvalue weighted by Crippen LogP contribution is 2.18. The first kappa shape index (κ1) is 14.6. The molecular formula is C15H24N2O. The molecule has 1 amide bonds. The molecule has 0 aliphatic heterocycles. The van der Waals surface area contributed by atoms with E-state index in [-0.39, 0.29) is 11.9 Å². The van der Waals surface area contributed by atoms with E-state index >= 15 is 0 Å². The van der Waals surface area contributed by atoms with E-state index in [2.05, 4.69) is 26.1 Å². The van der Waals surface area contributed by atoms with Gasteiger partial charge in [0.05, 0.1) is 5.56 Å². The van der Waals surface area contributed by atoms with Gasteiger partial charge in [-0.25, -0.2) is 0 Å². The van der Waals surface area contributed by atoms with Crippen molar-refractivity contribution < 1.29 is 4.79 Å². The van der Waals surface area contributed by atoms with Crippen molar-refractivity contribution in [3.8, 4) is 0 Å². The average Bonchev–Trinajstić information content (AvgIpc) is 2.36. The third-order valence-electron chi connectivity index (χ3n) is 2.87. The molecule has 0 fully saturated rings. The summed E-state index contributed by atoms with van der Waals surface area (Å²) in [6.45, 7) is 9.87. The summed E-state index contributed by atoms with van der Waals surface area (Å²) in [5, 5.41) is 3.25. The zero-order chi connectivity index (χ0) is 13.5. The summed E-state index contributed by atoms with van der Waals surface area (Å²) in [6, 6.07) is 7.95. The highest BCUT2D eigenvalue weighted by molar-refractivity contribution is 5.99. The van der Waals surface area contributed by atoms with Crippen molar-refractivity contribution in [2.45, 2.75) is 40.2 Å². The number of anilines is 1. The van der Waals surface area contributed by atoms with Crippen LogP contribution in [0.15, 0.2) is 24.3 Å². The van der Waals surface area contributed by atoms with Crippen molar-refractivity contribution in [3.05, 3.63) is 29.8 Å². The Labute approximate surface area is 110 Å². The van der Waals surface area contributed by atoms with E-state index in [0.717, 1.165) is 30.8 Å². The average molecular weight is 248 g/mol. The molecule has 0 bridgehead atoms. The lowest BCUT2D eigenvalue weighted by molar-refractivity contribution is 0.0707. The van der Waals surface area contributed by atoms with Gasteiger partial charge < -0.3 is 10.2 Å². The Bertz CT molecular complexity index is 388. The van der Waals surface area contributed by atoms with Gasteiger partial charge in [-0.15, -0.1) is 0 Å². The number of rotatable bonds is 6. The molecule has 3 nitrogen and oxygen atoms in total. The quantitative estimate of drug-likeness (QED) is 0.837. The van der Waals surface area contributed by atoms with E-state index in [4.69, 9.17) is 0 Å². The minimum atomic E-state index is 0.114. The Hall–Kier alpha value is -1.51. The normalized spacial score (nSPS) is 10.5. The first-order chi connectivity index (χ1) is 8.61. The van der Waals surface area contributed by atoms with E-state index in [1.165, 1.54) is 0 Å². The van der Waals surface area contributed by atoms with Gasteiger partial charge in [0.15, 0.2) is 0 Å². The molecule has 0 radical (unpaired) electrons. The molecule has 100 valence electrons. The Balaban J connectivity index is 3.00. The Kier molecular flexibility index (Phi) is 5.69. The third kappa shape index (κ3) is 3.49. The Morgan fingerprint density at radius 1 is 1.28 bits per heavy atom. The first-order valence-corrected chi connectivity index (χ1v) is 6.75. The van der Waals surface area contributed by atoms with Crippen LogP contribution in [0.25, 0.3) is 0 Å². The van der Waals surface area contributed by atoms with E-state index in [0.29, 0.717) is 0 Å². The molecule has 1 aromatic rings. The van der Waals surface area contributed by atoms with Gasteiger partial charge in [-0.3, -0.25) is 4.79 Å². The highest BCUT2D eigenvalue weighted by Gasteiger charge is 2.19. The van der Waals surface area contributed by atoms with Gasteiger partial charge in [0.2, 0.25) is 0 Å². The lowest BCUT2D eigenvalue weighted by atomic mass is 10.1. The second-order valence-corrected chi connectivity index (χ2v) is 4.67. The molecule has 0 saturated heterocycles. The van der Waals surface area contributed by atoms with Gasteiger partial charge >= 0.3 is 0 Å². The SMILES string of the molecule is CCCN(C(=O)c1ccccc1NCC)C(C)C. The van der Waals surface area contributed by atoms with E-state index in [1.54, 1.807) is 0 Å². The maximum absolute atomic E-state index is 12.6. The van der Waals surface area contributed by atoms with Gasteiger partial charge in [-0.2, -0.15) is 0 Å². The molecular weight excluding hydrogens is 224 g/mol. The van der Waals surface area contributed by atoms with Gasteiger partial charge in [0.25, 0.3) is 5.91 Å². The van der Waals surface area contributed by atoms with Crippen molar-refractivity contribution in [1.29, 1.82) is 0 Å². The smallest absolute Gasteiger partial charge is 0.256 e. The third-order valence-corrected chi connectivity index (χ3v) is 2.87. The van der Waals surface area contributed by atoms with E-state index in [9.17, 15) is 4.79 Å². The van der Waals surface area contributed by atoms with Crippen LogP contribution in [0.4, 0.5) is 5.69 Å². The summed E-state index contributed by atoms with van der Waals surface area (Å²) in [5.74, 6) is 0.114. The number of nitrogens with zero attached hydrogens (tertiary/aromatic N) is 1. The lowest BCUT2D eigenvalue weighted by Crippen LogP contribution is -2.37. The molecule has 0 aliphatic rings. The monoisotopic (exact) mass is 248 g/mol. The molecule has 0 unspecified atom stereocenters. The van der Waals surface area contributed by atoms with Crippen LogP contribution in [-0.4, -0.2) is 29.9 Å². The fourth-order valence-electron chi connectivity index (χ4n) is 2.00. The maximum atomic E-state index is 12.6. The number of carbonyl (C=O) groups is 1. The standard InChI is InChI=1S/C15H24N2O/c1-5-11-17(12(3)4)15(18)13-9-7-8-10-14(13)16-6-2/h7-10,12,16H,5-6,11H2,1-4H3. The summed E-state index contributed by atoms with van der Waals surface area (Å²) in [6.07, 6.45) is 0.979. The van der Waals surface area contributed by atoms with Gasteiger partial charge in [-0.05, 0) is 39.3 Å². The topological polar surface area (TPSA) is 32.3 Å². The summed E-state index contributed by atoms with van der Waals surface area (Å²) in [7, 11) is 0. The molecule has 0 saturated carbocycles. The zero-order valence-electron chi connectivity index (χ0n) is 11.9. The van der Waals surface area contributed by atoms with Crippen molar-refractivity contribution in [2.24, 2.45) is 0 Å². The fraction of sp³-hybridized carbons (Fsp3) is 0.533. The summed E-state index contributed by atoms with van der Waals surface area (Å²) >= 11 is 0. The zero-order valence-corrected chi connectivity index (χ0v) is 11.9. The number of amides is 1. The number of carbonyl (C=O) groups excluding carboxylic acids is 1. The number of benzene rings is 1. The van der Waals surface area contributed by atoms with Crippen LogP contribution < -0.4 is 5.32 Å². The van der Waals surface area contributed by atoms with Gasteiger partial charge in [-0.1, -0.05) is 19.1 Å². The molecule has 1 aromatic carbocycles. The molecule has 0 atom stereocenters. The number of hydrogen-bond donors (Lipinski definition) is 1. The summed E-state index contributed by atoms with van der Waals surface area (Å²) < 4.78 is 0. The molecule has 0 aromatic heterocycles. The van der Waals surface area contributed by atoms with Crippen molar-refractivity contribution in [2.75, 3.05) is 18.4 Å². The summed E-state index contributed by atoms with van der Waals surface area (Å²) in [4.78, 5) is 14.5. The Morgan fingerprint density at radius 2 is 1.94 bits per heavy atom. The van der Waals surface area contributed by atoms with E-state index < -0.39 is 0 Å². The molecule has 0 spiro atoms.